The van der Waals surface area contributed by atoms with Gasteiger partial charge in [0.15, 0.2) is 0 Å². The summed E-state index contributed by atoms with van der Waals surface area (Å²) in [6.07, 6.45) is 13.5. The third-order valence-electron chi connectivity index (χ3n) is 2.38. The zero-order chi connectivity index (χ0) is 12.1. The molecule has 0 spiro atoms. The summed E-state index contributed by atoms with van der Waals surface area (Å²) >= 11 is 0. The predicted molar refractivity (Wildman–Crippen MR) is 67.9 cm³/mol. The number of nitrogens with zero attached hydrogens (tertiary/aromatic N) is 1. The molecular weight excluding hydrogens is 198 g/mol. The van der Waals surface area contributed by atoms with E-state index in [0.717, 1.165) is 19.3 Å². The molecule has 1 N–H and O–H groups in total. The zero-order valence-electron chi connectivity index (χ0n) is 10.3. The number of hydrogen-bond acceptors (Lipinski definition) is 2. The fraction of sp³-hybridized carbons (Fsp3) is 0.643. The van der Waals surface area contributed by atoms with Crippen LogP contribution in [0, 0.1) is 11.3 Å². The number of allylic oxidation sites excluding steroid dienone is 4. The highest BCUT2D eigenvalue weighted by atomic mass is 16.2. The van der Waals surface area contributed by atoms with Crippen molar-refractivity contribution in [3.63, 3.8) is 0 Å². The van der Waals surface area contributed by atoms with E-state index in [4.69, 9.17) is 10.4 Å². The molecular formula is C14H23NO. The first kappa shape index (κ1) is 14.9. The Kier molecular flexibility index (Phi) is 11.2. The van der Waals surface area contributed by atoms with Crippen LogP contribution in [0.1, 0.15) is 51.9 Å². The minimum atomic E-state index is 0.190. The monoisotopic (exact) mass is 221 g/mol. The van der Waals surface area contributed by atoms with Crippen molar-refractivity contribution in [3.05, 3.63) is 23.8 Å². The third kappa shape index (κ3) is 9.48. The summed E-state index contributed by atoms with van der Waals surface area (Å²) in [5.41, 5.74) is 0.712. The maximum atomic E-state index is 8.83. The van der Waals surface area contributed by atoms with Crippen LogP contribution in [0.5, 0.6) is 0 Å². The number of nitriles is 1. The highest BCUT2D eigenvalue weighted by Gasteiger charge is 1.89. The van der Waals surface area contributed by atoms with E-state index in [1.807, 2.05) is 12.2 Å². The van der Waals surface area contributed by atoms with Crippen LogP contribution in [-0.4, -0.2) is 11.7 Å². The minimum Gasteiger partial charge on any atom is -0.396 e. The standard InChI is InChI=1S/C14H23NO/c1-2-3-4-5-6-7-10-14(13-15)11-8-9-12-16/h7,10-11,16H,2-6,8-9,12H2,1H3/b10-7+,14-11-. The van der Waals surface area contributed by atoms with E-state index in [9.17, 15) is 0 Å². The average Bonchev–Trinajstić information content (AvgIpc) is 2.31. The average molecular weight is 221 g/mol. The van der Waals surface area contributed by atoms with Crippen LogP contribution in [0.2, 0.25) is 0 Å². The van der Waals surface area contributed by atoms with Crippen molar-refractivity contribution in [2.45, 2.75) is 51.9 Å². The van der Waals surface area contributed by atoms with Gasteiger partial charge in [0.2, 0.25) is 0 Å². The molecule has 2 heteroatoms. The Balaban J connectivity index is 3.72. The van der Waals surface area contributed by atoms with Crippen LogP contribution in [-0.2, 0) is 0 Å². The lowest BCUT2D eigenvalue weighted by Crippen LogP contribution is -1.81. The van der Waals surface area contributed by atoms with Gasteiger partial charge in [-0.05, 0) is 31.8 Å². The lowest BCUT2D eigenvalue weighted by Gasteiger charge is -1.94. The molecule has 0 radical (unpaired) electrons. The van der Waals surface area contributed by atoms with Crippen LogP contribution in [0.15, 0.2) is 23.8 Å². The maximum Gasteiger partial charge on any atom is 0.0988 e. The van der Waals surface area contributed by atoms with Gasteiger partial charge in [0.25, 0.3) is 0 Å². The van der Waals surface area contributed by atoms with Crippen LogP contribution in [0.25, 0.3) is 0 Å². The van der Waals surface area contributed by atoms with Crippen LogP contribution in [0.4, 0.5) is 0 Å². The molecule has 16 heavy (non-hydrogen) atoms. The molecule has 0 aliphatic rings. The summed E-state index contributed by atoms with van der Waals surface area (Å²) < 4.78 is 0. The van der Waals surface area contributed by atoms with Gasteiger partial charge in [-0.2, -0.15) is 5.26 Å². The van der Waals surface area contributed by atoms with Crippen LogP contribution >= 0.6 is 0 Å². The topological polar surface area (TPSA) is 44.0 Å². The molecule has 0 aromatic heterocycles. The van der Waals surface area contributed by atoms with Crippen molar-refractivity contribution in [1.82, 2.24) is 0 Å². The molecule has 0 bridgehead atoms. The van der Waals surface area contributed by atoms with Crippen LogP contribution in [0.3, 0.4) is 0 Å². The maximum absolute atomic E-state index is 8.83. The molecule has 0 heterocycles. The molecule has 2 nitrogen and oxygen atoms in total. The smallest absolute Gasteiger partial charge is 0.0988 e. The van der Waals surface area contributed by atoms with Crippen molar-refractivity contribution < 1.29 is 5.11 Å². The van der Waals surface area contributed by atoms with Gasteiger partial charge in [-0.3, -0.25) is 0 Å². The Bertz CT molecular complexity index is 248. The molecule has 0 fully saturated rings. The molecule has 0 aliphatic carbocycles. The second kappa shape index (κ2) is 12.0. The van der Waals surface area contributed by atoms with E-state index >= 15 is 0 Å². The summed E-state index contributed by atoms with van der Waals surface area (Å²) in [5.74, 6) is 0. The van der Waals surface area contributed by atoms with E-state index in [-0.39, 0.29) is 6.61 Å². The van der Waals surface area contributed by atoms with Gasteiger partial charge in [0.1, 0.15) is 0 Å². The van der Waals surface area contributed by atoms with E-state index in [1.165, 1.54) is 25.7 Å². The van der Waals surface area contributed by atoms with E-state index in [1.54, 1.807) is 0 Å². The molecule has 0 unspecified atom stereocenters. The second-order valence-electron chi connectivity index (χ2n) is 3.89. The van der Waals surface area contributed by atoms with E-state index in [0.29, 0.717) is 5.57 Å². The highest BCUT2D eigenvalue weighted by molar-refractivity contribution is 5.32. The summed E-state index contributed by atoms with van der Waals surface area (Å²) in [7, 11) is 0. The quantitative estimate of drug-likeness (QED) is 0.366. The first-order valence-electron chi connectivity index (χ1n) is 6.22. The molecule has 0 saturated carbocycles. The Labute approximate surface area is 99.3 Å². The lowest BCUT2D eigenvalue weighted by molar-refractivity contribution is 0.289. The van der Waals surface area contributed by atoms with Crippen molar-refractivity contribution in [2.75, 3.05) is 6.61 Å². The van der Waals surface area contributed by atoms with Crippen LogP contribution < -0.4 is 0 Å². The van der Waals surface area contributed by atoms with Gasteiger partial charge < -0.3 is 5.11 Å². The largest absolute Gasteiger partial charge is 0.396 e. The molecule has 0 aromatic rings. The second-order valence-corrected chi connectivity index (χ2v) is 3.89. The van der Waals surface area contributed by atoms with Gasteiger partial charge >= 0.3 is 0 Å². The summed E-state index contributed by atoms with van der Waals surface area (Å²) in [4.78, 5) is 0. The number of aliphatic hydroxyl groups is 1. The third-order valence-corrected chi connectivity index (χ3v) is 2.38. The Hall–Kier alpha value is -1.07. The summed E-state index contributed by atoms with van der Waals surface area (Å²) in [5, 5.41) is 17.5. The Morgan fingerprint density at radius 2 is 2.00 bits per heavy atom. The van der Waals surface area contributed by atoms with Crippen molar-refractivity contribution in [2.24, 2.45) is 0 Å². The molecule has 0 aliphatic heterocycles. The molecule has 0 aromatic carbocycles. The van der Waals surface area contributed by atoms with Gasteiger partial charge in [0.05, 0.1) is 6.07 Å². The summed E-state index contributed by atoms with van der Waals surface area (Å²) in [6.45, 7) is 2.39. The fourth-order valence-electron chi connectivity index (χ4n) is 1.40. The molecule has 0 rings (SSSR count). The van der Waals surface area contributed by atoms with E-state index < -0.39 is 0 Å². The zero-order valence-corrected chi connectivity index (χ0v) is 10.3. The molecule has 90 valence electrons. The predicted octanol–water partition coefficient (Wildman–Crippen LogP) is 3.74. The molecule has 0 amide bonds. The van der Waals surface area contributed by atoms with Crippen molar-refractivity contribution >= 4 is 0 Å². The van der Waals surface area contributed by atoms with E-state index in [2.05, 4.69) is 19.1 Å². The fourth-order valence-corrected chi connectivity index (χ4v) is 1.40. The molecule has 0 atom stereocenters. The number of unbranched alkanes of at least 4 members (excludes halogenated alkanes) is 5. The SMILES string of the molecule is CCCCCC/C=C/C(C#N)=C/CCCO. The lowest BCUT2D eigenvalue weighted by atomic mass is 10.1. The number of aliphatic hydroxyl groups excluding tert-OH is 1. The first-order chi connectivity index (χ1) is 7.85. The van der Waals surface area contributed by atoms with Gasteiger partial charge in [0, 0.05) is 12.2 Å². The highest BCUT2D eigenvalue weighted by Crippen LogP contribution is 2.05. The minimum absolute atomic E-state index is 0.190. The summed E-state index contributed by atoms with van der Waals surface area (Å²) in [6, 6.07) is 2.16. The van der Waals surface area contributed by atoms with Crippen molar-refractivity contribution in [1.29, 1.82) is 5.26 Å². The Morgan fingerprint density at radius 3 is 2.62 bits per heavy atom. The molecule has 0 saturated heterocycles. The number of rotatable bonds is 9. The van der Waals surface area contributed by atoms with Gasteiger partial charge in [-0.25, -0.2) is 0 Å². The van der Waals surface area contributed by atoms with Crippen molar-refractivity contribution in [3.8, 4) is 6.07 Å². The van der Waals surface area contributed by atoms with Gasteiger partial charge in [-0.15, -0.1) is 0 Å². The number of hydrogen-bond donors (Lipinski definition) is 1. The Morgan fingerprint density at radius 1 is 1.19 bits per heavy atom. The first-order valence-corrected chi connectivity index (χ1v) is 6.22. The normalized spacial score (nSPS) is 11.9. The van der Waals surface area contributed by atoms with Gasteiger partial charge in [-0.1, -0.05) is 38.3 Å².